The second kappa shape index (κ2) is 9.27. The summed E-state index contributed by atoms with van der Waals surface area (Å²) in [5.74, 6) is -0.0868. The molecular weight excluding hydrogens is 583 g/mol. The molecule has 0 aliphatic heterocycles. The number of carbonyl (C=O) groups is 1. The predicted molar refractivity (Wildman–Crippen MR) is 161 cm³/mol. The van der Waals surface area contributed by atoms with E-state index in [-0.39, 0.29) is 17.8 Å². The average molecular weight is 605 g/mol. The number of halogens is 2. The van der Waals surface area contributed by atoms with Crippen LogP contribution in [0.5, 0.6) is 0 Å². The number of ether oxygens (including phenoxy) is 1. The highest BCUT2D eigenvalue weighted by Crippen LogP contribution is 2.40. The van der Waals surface area contributed by atoms with Crippen molar-refractivity contribution in [1.82, 2.24) is 13.9 Å². The Kier molecular flexibility index (Phi) is 5.83. The lowest BCUT2D eigenvalue weighted by Gasteiger charge is -2.23. The number of hydrogen-bond acceptors (Lipinski definition) is 8. The third kappa shape index (κ3) is 4.03. The van der Waals surface area contributed by atoms with Crippen LogP contribution in [0.15, 0.2) is 62.5 Å². The number of carbonyl (C=O) groups excluding carboxylic acids is 1. The molecule has 5 heterocycles. The van der Waals surface area contributed by atoms with E-state index in [0.717, 1.165) is 4.70 Å². The summed E-state index contributed by atoms with van der Waals surface area (Å²) in [4.78, 5) is 31.9. The monoisotopic (exact) mass is 604 g/mol. The van der Waals surface area contributed by atoms with Gasteiger partial charge in [0.15, 0.2) is 5.82 Å². The Labute approximate surface area is 245 Å². The van der Waals surface area contributed by atoms with E-state index in [2.05, 4.69) is 9.36 Å². The van der Waals surface area contributed by atoms with Crippen molar-refractivity contribution < 1.29 is 22.8 Å². The Morgan fingerprint density at radius 3 is 2.76 bits per heavy atom. The summed E-state index contributed by atoms with van der Waals surface area (Å²) in [6.07, 6.45) is 2.40. The molecule has 0 unspecified atom stereocenters. The minimum atomic E-state index is -0.683. The molecule has 2 aromatic carbocycles. The molecular formula is C30H22ClFN4O5S. The van der Waals surface area contributed by atoms with Crippen molar-refractivity contribution in [2.45, 2.75) is 32.9 Å². The largest absolute Gasteiger partial charge is 0.463 e. The summed E-state index contributed by atoms with van der Waals surface area (Å²) in [7, 11) is 1.59. The first-order chi connectivity index (χ1) is 20.0. The van der Waals surface area contributed by atoms with Crippen molar-refractivity contribution in [2.75, 3.05) is 11.9 Å². The Bertz CT molecular complexity index is 2300. The summed E-state index contributed by atoms with van der Waals surface area (Å²) in [6, 6.07) is 10.1. The number of aromatic nitrogens is 3. The standard InChI is InChI=1S/C30H22ClFN4O5S/c1-30(2,3)41-29(38)35(4)26-17-10-14(18(31)11-21(17)42-34-26)13-36-20-12-19(32)15-7-9-39-25(15)23(20)22-16-6-5-8-33-27(16)40-28(37)24(22)36/h5-12H,13H2,1-4H3. The van der Waals surface area contributed by atoms with Crippen molar-refractivity contribution in [1.29, 1.82) is 0 Å². The maximum Gasteiger partial charge on any atom is 0.415 e. The van der Waals surface area contributed by atoms with Crippen LogP contribution in [0.4, 0.5) is 15.0 Å². The molecule has 12 heteroatoms. The summed E-state index contributed by atoms with van der Waals surface area (Å²) >= 11 is 7.96. The number of hydrogen-bond donors (Lipinski definition) is 0. The average Bonchev–Trinajstić information content (AvgIpc) is 3.64. The fraction of sp³-hybridized carbons (Fsp3) is 0.200. The third-order valence-corrected chi connectivity index (χ3v) is 8.22. The minimum Gasteiger partial charge on any atom is -0.463 e. The van der Waals surface area contributed by atoms with Crippen LogP contribution in [0.1, 0.15) is 26.3 Å². The summed E-state index contributed by atoms with van der Waals surface area (Å²) < 4.78 is 39.1. The van der Waals surface area contributed by atoms with Crippen LogP contribution in [-0.4, -0.2) is 32.7 Å². The van der Waals surface area contributed by atoms with Gasteiger partial charge in [0.05, 0.1) is 27.3 Å². The van der Waals surface area contributed by atoms with Crippen LogP contribution in [0.3, 0.4) is 0 Å². The molecule has 0 aliphatic carbocycles. The normalized spacial score (nSPS) is 12.3. The lowest BCUT2D eigenvalue weighted by Crippen LogP contribution is -2.34. The van der Waals surface area contributed by atoms with Crippen LogP contribution in [-0.2, 0) is 11.3 Å². The molecule has 0 saturated heterocycles. The van der Waals surface area contributed by atoms with Gasteiger partial charge in [0.1, 0.15) is 22.5 Å². The molecule has 0 aliphatic rings. The highest BCUT2D eigenvalue weighted by atomic mass is 35.5. The topological polar surface area (TPSA) is 104 Å². The van der Waals surface area contributed by atoms with Gasteiger partial charge in [0.25, 0.3) is 0 Å². The van der Waals surface area contributed by atoms with E-state index < -0.39 is 23.1 Å². The molecule has 42 heavy (non-hydrogen) atoms. The molecule has 9 nitrogen and oxygen atoms in total. The first kappa shape index (κ1) is 26.4. The zero-order chi connectivity index (χ0) is 29.5. The Morgan fingerprint density at radius 2 is 1.98 bits per heavy atom. The second-order valence-electron chi connectivity index (χ2n) is 11.0. The van der Waals surface area contributed by atoms with E-state index in [1.54, 1.807) is 56.7 Å². The highest BCUT2D eigenvalue weighted by Gasteiger charge is 2.26. The van der Waals surface area contributed by atoms with Gasteiger partial charge in [-0.3, -0.25) is 4.90 Å². The molecule has 0 fully saturated rings. The van der Waals surface area contributed by atoms with E-state index in [4.69, 9.17) is 25.2 Å². The first-order valence-electron chi connectivity index (χ1n) is 13.0. The predicted octanol–water partition coefficient (Wildman–Crippen LogP) is 7.86. The number of anilines is 1. The SMILES string of the molecule is CN(C(=O)OC(C)(C)C)c1nsc2cc(Cl)c(Cn3c4cc(F)c5ccoc5c4c4c5cccnc5oc(=O)c43)cc12. The molecule has 0 bridgehead atoms. The van der Waals surface area contributed by atoms with Crippen molar-refractivity contribution in [3.8, 4) is 0 Å². The summed E-state index contributed by atoms with van der Waals surface area (Å²) in [6.45, 7) is 5.45. The van der Waals surface area contributed by atoms with Gasteiger partial charge in [-0.2, -0.15) is 4.37 Å². The van der Waals surface area contributed by atoms with Gasteiger partial charge >= 0.3 is 11.7 Å². The number of fused-ring (bicyclic) bond motifs is 8. The van der Waals surface area contributed by atoms with Crippen molar-refractivity contribution in [3.63, 3.8) is 0 Å². The van der Waals surface area contributed by atoms with Crippen molar-refractivity contribution in [3.05, 3.63) is 75.7 Å². The van der Waals surface area contributed by atoms with Gasteiger partial charge in [-0.1, -0.05) is 11.6 Å². The van der Waals surface area contributed by atoms with Gasteiger partial charge in [-0.05, 0) is 74.3 Å². The first-order valence-corrected chi connectivity index (χ1v) is 14.1. The highest BCUT2D eigenvalue weighted by molar-refractivity contribution is 7.13. The molecule has 5 aromatic heterocycles. The molecule has 1 amide bonds. The van der Waals surface area contributed by atoms with Crippen molar-refractivity contribution >= 4 is 89.0 Å². The number of pyridine rings is 1. The molecule has 0 N–H and O–H groups in total. The molecule has 0 spiro atoms. The maximum absolute atomic E-state index is 15.3. The number of amides is 1. The fourth-order valence-electron chi connectivity index (χ4n) is 5.28. The van der Waals surface area contributed by atoms with E-state index in [0.29, 0.717) is 54.4 Å². The molecule has 0 atom stereocenters. The molecule has 0 saturated carbocycles. The quantitative estimate of drug-likeness (QED) is 0.202. The smallest absolute Gasteiger partial charge is 0.415 e. The summed E-state index contributed by atoms with van der Waals surface area (Å²) in [5, 5.41) is 3.09. The Balaban J connectivity index is 1.47. The van der Waals surface area contributed by atoms with Gasteiger partial charge in [-0.25, -0.2) is 19.0 Å². The summed E-state index contributed by atoms with van der Waals surface area (Å²) in [5.41, 5.74) is 0.433. The Hall–Kier alpha value is -4.48. The third-order valence-electron chi connectivity index (χ3n) is 7.07. The van der Waals surface area contributed by atoms with Gasteiger partial charge in [0, 0.05) is 41.0 Å². The minimum absolute atomic E-state index is 0.0857. The zero-order valence-electron chi connectivity index (χ0n) is 22.8. The zero-order valence-corrected chi connectivity index (χ0v) is 24.4. The van der Waals surface area contributed by atoms with Gasteiger partial charge in [0.2, 0.25) is 5.71 Å². The molecule has 212 valence electrons. The van der Waals surface area contributed by atoms with Gasteiger partial charge in [-0.15, -0.1) is 0 Å². The number of nitrogens with zero attached hydrogens (tertiary/aromatic N) is 4. The lowest BCUT2D eigenvalue weighted by atomic mass is 10.1. The van der Waals surface area contributed by atoms with E-state index in [1.165, 1.54) is 35.0 Å². The number of rotatable bonds is 3. The Morgan fingerprint density at radius 1 is 1.17 bits per heavy atom. The molecule has 7 aromatic rings. The lowest BCUT2D eigenvalue weighted by molar-refractivity contribution is 0.0589. The van der Waals surface area contributed by atoms with E-state index in [9.17, 15) is 9.59 Å². The van der Waals surface area contributed by atoms with Crippen LogP contribution < -0.4 is 10.5 Å². The molecule has 7 rings (SSSR count). The second-order valence-corrected chi connectivity index (χ2v) is 12.2. The van der Waals surface area contributed by atoms with Crippen molar-refractivity contribution in [2.24, 2.45) is 0 Å². The van der Waals surface area contributed by atoms with Crippen LogP contribution >= 0.6 is 23.1 Å². The van der Waals surface area contributed by atoms with E-state index >= 15 is 4.39 Å². The maximum atomic E-state index is 15.3. The molecule has 0 radical (unpaired) electrons. The van der Waals surface area contributed by atoms with Gasteiger partial charge < -0.3 is 18.1 Å². The number of benzene rings is 2. The van der Waals surface area contributed by atoms with Crippen LogP contribution in [0.2, 0.25) is 5.02 Å². The number of furan rings is 1. The van der Waals surface area contributed by atoms with Crippen LogP contribution in [0.25, 0.3) is 54.0 Å². The van der Waals surface area contributed by atoms with E-state index in [1.807, 2.05) is 6.07 Å². The fourth-order valence-corrected chi connectivity index (χ4v) is 6.40. The van der Waals surface area contributed by atoms with Crippen LogP contribution in [0, 0.1) is 5.82 Å².